The first-order valence-electron chi connectivity index (χ1n) is 8.41. The zero-order valence-corrected chi connectivity index (χ0v) is 14.5. The molecular formula is C18H18FN7. The van der Waals surface area contributed by atoms with E-state index in [1.54, 1.807) is 47.4 Å². The molecule has 0 saturated heterocycles. The number of hydrogen-bond donors (Lipinski definition) is 1. The molecule has 1 atom stereocenters. The molecular weight excluding hydrogens is 333 g/mol. The number of fused-ring (bicyclic) bond motifs is 1. The highest BCUT2D eigenvalue weighted by Crippen LogP contribution is 2.26. The number of halogens is 1. The fraction of sp³-hybridized carbons (Fsp3) is 0.222. The summed E-state index contributed by atoms with van der Waals surface area (Å²) >= 11 is 0. The van der Waals surface area contributed by atoms with Crippen molar-refractivity contribution in [2.75, 3.05) is 5.32 Å². The third-order valence-corrected chi connectivity index (χ3v) is 4.25. The van der Waals surface area contributed by atoms with Crippen molar-refractivity contribution < 1.29 is 4.39 Å². The van der Waals surface area contributed by atoms with Crippen molar-refractivity contribution >= 4 is 11.5 Å². The van der Waals surface area contributed by atoms with Gasteiger partial charge in [0.15, 0.2) is 11.5 Å². The lowest BCUT2D eigenvalue weighted by atomic mass is 10.1. The van der Waals surface area contributed by atoms with Crippen molar-refractivity contribution in [3.63, 3.8) is 0 Å². The number of nitrogens with zero attached hydrogens (tertiary/aromatic N) is 6. The molecule has 0 bridgehead atoms. The van der Waals surface area contributed by atoms with Crippen molar-refractivity contribution in [2.45, 2.75) is 26.4 Å². The lowest BCUT2D eigenvalue weighted by molar-refractivity contribution is 0.630. The van der Waals surface area contributed by atoms with Crippen molar-refractivity contribution in [3.05, 3.63) is 60.6 Å². The largest absolute Gasteiger partial charge is 0.360 e. The normalized spacial score (nSPS) is 12.4. The van der Waals surface area contributed by atoms with Crippen LogP contribution in [0.15, 0.2) is 48.9 Å². The van der Waals surface area contributed by atoms with Gasteiger partial charge in [0, 0.05) is 24.2 Å². The minimum absolute atomic E-state index is 0.110. The molecule has 0 aliphatic carbocycles. The molecule has 8 heteroatoms. The van der Waals surface area contributed by atoms with Gasteiger partial charge in [-0.05, 0) is 26.0 Å². The van der Waals surface area contributed by atoms with Gasteiger partial charge in [0.05, 0.1) is 17.9 Å². The number of aryl methyl sites for hydroxylation is 1. The van der Waals surface area contributed by atoms with Crippen LogP contribution in [0.3, 0.4) is 0 Å². The summed E-state index contributed by atoms with van der Waals surface area (Å²) in [6.45, 7) is 4.81. The Kier molecular flexibility index (Phi) is 4.08. The number of rotatable bonds is 5. The van der Waals surface area contributed by atoms with E-state index < -0.39 is 0 Å². The third kappa shape index (κ3) is 2.79. The highest BCUT2D eigenvalue weighted by atomic mass is 19.1. The van der Waals surface area contributed by atoms with E-state index in [-0.39, 0.29) is 11.9 Å². The van der Waals surface area contributed by atoms with Gasteiger partial charge in [-0.15, -0.1) is 10.2 Å². The molecule has 0 radical (unpaired) electrons. The second-order valence-electron chi connectivity index (χ2n) is 5.95. The second kappa shape index (κ2) is 6.55. The molecule has 7 nitrogen and oxygen atoms in total. The quantitative estimate of drug-likeness (QED) is 0.597. The highest BCUT2D eigenvalue weighted by Gasteiger charge is 2.16. The van der Waals surface area contributed by atoms with Crippen molar-refractivity contribution in [1.82, 2.24) is 29.4 Å². The summed E-state index contributed by atoms with van der Waals surface area (Å²) < 4.78 is 17.9. The van der Waals surface area contributed by atoms with Gasteiger partial charge < -0.3 is 9.88 Å². The summed E-state index contributed by atoms with van der Waals surface area (Å²) in [5.74, 6) is 1.21. The van der Waals surface area contributed by atoms with Crippen LogP contribution in [-0.4, -0.2) is 29.4 Å². The second-order valence-corrected chi connectivity index (χ2v) is 5.95. The number of aromatic nitrogens is 6. The Bertz CT molecular complexity index is 1050. The fourth-order valence-corrected chi connectivity index (χ4v) is 2.95. The van der Waals surface area contributed by atoms with Gasteiger partial charge >= 0.3 is 0 Å². The van der Waals surface area contributed by atoms with Crippen LogP contribution >= 0.6 is 0 Å². The Morgan fingerprint density at radius 2 is 2.08 bits per heavy atom. The first-order chi connectivity index (χ1) is 12.7. The number of benzene rings is 1. The maximum atomic E-state index is 14.2. The van der Waals surface area contributed by atoms with Crippen molar-refractivity contribution in [2.24, 2.45) is 0 Å². The smallest absolute Gasteiger partial charge is 0.157 e. The van der Waals surface area contributed by atoms with Crippen LogP contribution in [0.5, 0.6) is 0 Å². The molecule has 0 spiro atoms. The molecule has 3 heterocycles. The van der Waals surface area contributed by atoms with E-state index in [4.69, 9.17) is 0 Å². The molecule has 3 aromatic heterocycles. The topological polar surface area (TPSA) is 72.9 Å². The molecule has 26 heavy (non-hydrogen) atoms. The molecule has 0 unspecified atom stereocenters. The molecule has 1 N–H and O–H groups in total. The van der Waals surface area contributed by atoms with Crippen LogP contribution in [0.4, 0.5) is 10.2 Å². The predicted octanol–water partition coefficient (Wildman–Crippen LogP) is 3.32. The van der Waals surface area contributed by atoms with Crippen LogP contribution in [-0.2, 0) is 6.54 Å². The van der Waals surface area contributed by atoms with Crippen molar-refractivity contribution in [3.8, 4) is 11.3 Å². The highest BCUT2D eigenvalue weighted by molar-refractivity contribution is 5.67. The monoisotopic (exact) mass is 351 g/mol. The number of anilines is 1. The summed E-state index contributed by atoms with van der Waals surface area (Å²) in [6.07, 6.45) is 3.37. The van der Waals surface area contributed by atoms with Crippen LogP contribution < -0.4 is 5.32 Å². The summed E-state index contributed by atoms with van der Waals surface area (Å²) in [7, 11) is 0. The minimum atomic E-state index is -0.311. The SMILES string of the molecule is CCn1cnnc1[C@H](C)Nc1cc(-c2ccccc2F)nc2ccnn12. The Balaban J connectivity index is 1.77. The Labute approximate surface area is 149 Å². The lowest BCUT2D eigenvalue weighted by Crippen LogP contribution is -2.15. The van der Waals surface area contributed by atoms with Gasteiger partial charge in [-0.3, -0.25) is 0 Å². The van der Waals surface area contributed by atoms with E-state index in [2.05, 4.69) is 25.6 Å². The molecule has 0 fully saturated rings. The first-order valence-corrected chi connectivity index (χ1v) is 8.41. The predicted molar refractivity (Wildman–Crippen MR) is 96.1 cm³/mol. The van der Waals surface area contributed by atoms with Gasteiger partial charge in [-0.2, -0.15) is 9.61 Å². The zero-order chi connectivity index (χ0) is 18.1. The number of nitrogens with one attached hydrogen (secondary N) is 1. The van der Waals surface area contributed by atoms with E-state index in [1.165, 1.54) is 6.07 Å². The lowest BCUT2D eigenvalue weighted by Gasteiger charge is -2.17. The van der Waals surface area contributed by atoms with Gasteiger partial charge in [0.1, 0.15) is 18.0 Å². The Morgan fingerprint density at radius 1 is 1.23 bits per heavy atom. The molecule has 4 rings (SSSR count). The fourth-order valence-electron chi connectivity index (χ4n) is 2.95. The van der Waals surface area contributed by atoms with Gasteiger partial charge in [0.2, 0.25) is 0 Å². The third-order valence-electron chi connectivity index (χ3n) is 4.25. The van der Waals surface area contributed by atoms with Gasteiger partial charge in [-0.1, -0.05) is 12.1 Å². The standard InChI is InChI=1S/C18H18FN7/c1-3-25-11-20-24-18(25)12(2)22-17-10-15(13-6-4-5-7-14(13)19)23-16-8-9-21-26(16)17/h4-12,22H,3H2,1-2H3/t12-/m0/s1. The van der Waals surface area contributed by atoms with E-state index in [0.717, 1.165) is 12.4 Å². The Hall–Kier alpha value is -3.29. The molecule has 0 amide bonds. The summed E-state index contributed by atoms with van der Waals surface area (Å²) in [4.78, 5) is 4.52. The number of hydrogen-bond acceptors (Lipinski definition) is 5. The summed E-state index contributed by atoms with van der Waals surface area (Å²) in [5.41, 5.74) is 1.63. The average molecular weight is 351 g/mol. The maximum absolute atomic E-state index is 14.2. The van der Waals surface area contributed by atoms with E-state index >= 15 is 0 Å². The van der Waals surface area contributed by atoms with E-state index in [0.29, 0.717) is 22.7 Å². The van der Waals surface area contributed by atoms with E-state index in [9.17, 15) is 4.39 Å². The molecule has 4 aromatic rings. The van der Waals surface area contributed by atoms with Crippen LogP contribution in [0.25, 0.3) is 16.9 Å². The van der Waals surface area contributed by atoms with Crippen LogP contribution in [0.2, 0.25) is 0 Å². The first kappa shape index (κ1) is 16.2. The maximum Gasteiger partial charge on any atom is 0.157 e. The summed E-state index contributed by atoms with van der Waals surface area (Å²) in [6, 6.07) is 10.1. The van der Waals surface area contributed by atoms with Gasteiger partial charge in [0.25, 0.3) is 0 Å². The zero-order valence-electron chi connectivity index (χ0n) is 14.5. The molecule has 0 aliphatic heterocycles. The van der Waals surface area contributed by atoms with Gasteiger partial charge in [-0.25, -0.2) is 9.37 Å². The minimum Gasteiger partial charge on any atom is -0.360 e. The molecule has 0 saturated carbocycles. The van der Waals surface area contributed by atoms with E-state index in [1.807, 2.05) is 18.4 Å². The molecule has 0 aliphatic rings. The Morgan fingerprint density at radius 3 is 2.88 bits per heavy atom. The summed E-state index contributed by atoms with van der Waals surface area (Å²) in [5, 5.41) is 15.9. The van der Waals surface area contributed by atoms with Crippen molar-refractivity contribution in [1.29, 1.82) is 0 Å². The molecule has 1 aromatic carbocycles. The van der Waals surface area contributed by atoms with Crippen LogP contribution in [0.1, 0.15) is 25.7 Å². The van der Waals surface area contributed by atoms with Crippen LogP contribution in [0, 0.1) is 5.82 Å². The molecule has 132 valence electrons. The average Bonchev–Trinajstić information content (AvgIpc) is 3.31.